The molecule has 2 rings (SSSR count). The number of rotatable bonds is 4. The maximum Gasteiger partial charge on any atom is 0.306 e. The predicted octanol–water partition coefficient (Wildman–Crippen LogP) is 0.593. The molecule has 1 saturated heterocycles. The summed E-state index contributed by atoms with van der Waals surface area (Å²) in [6.07, 6.45) is 4.94. The number of carbonyl (C=O) groups is 2. The van der Waals surface area contributed by atoms with E-state index in [9.17, 15) is 14.7 Å². The molecule has 2 aliphatic rings. The monoisotopic (exact) mass is 298 g/mol. The summed E-state index contributed by atoms with van der Waals surface area (Å²) in [5.74, 6) is -1.09. The molecule has 1 heterocycles. The number of β-amino-alcohol motifs (C(OH)–C–C–N with tert-alkyl or cyclic N) is 1. The standard InChI is InChI=1S/C15H26N2O4/c1-16-13(18)12-4-2-3-9-17(12)10-15(21)7-5-11(6-8-15)14(19)20/h11-12,21H,2-10H2,1H3,(H,16,18)(H,19,20). The van der Waals surface area contributed by atoms with E-state index < -0.39 is 11.6 Å². The van der Waals surface area contributed by atoms with E-state index in [1.807, 2.05) is 0 Å². The van der Waals surface area contributed by atoms with Crippen LogP contribution >= 0.6 is 0 Å². The minimum absolute atomic E-state index is 0.0116. The van der Waals surface area contributed by atoms with Gasteiger partial charge in [0.25, 0.3) is 0 Å². The second-order valence-electron chi connectivity index (χ2n) is 6.43. The van der Waals surface area contributed by atoms with E-state index >= 15 is 0 Å². The summed E-state index contributed by atoms with van der Waals surface area (Å²) in [4.78, 5) is 25.0. The van der Waals surface area contributed by atoms with Gasteiger partial charge in [-0.15, -0.1) is 0 Å². The number of carboxylic acid groups (broad SMARTS) is 1. The highest BCUT2D eigenvalue weighted by molar-refractivity contribution is 5.81. The Morgan fingerprint density at radius 2 is 1.90 bits per heavy atom. The molecular weight excluding hydrogens is 272 g/mol. The smallest absolute Gasteiger partial charge is 0.306 e. The third-order valence-electron chi connectivity index (χ3n) is 4.93. The molecule has 6 nitrogen and oxygen atoms in total. The number of hydrogen-bond donors (Lipinski definition) is 3. The number of carboxylic acids is 1. The maximum atomic E-state index is 12.0. The summed E-state index contributed by atoms with van der Waals surface area (Å²) >= 11 is 0. The van der Waals surface area contributed by atoms with Gasteiger partial charge in [-0.05, 0) is 45.1 Å². The summed E-state index contributed by atoms with van der Waals surface area (Å²) in [5, 5.41) is 22.5. The molecule has 0 aromatic carbocycles. The van der Waals surface area contributed by atoms with Crippen molar-refractivity contribution in [1.82, 2.24) is 10.2 Å². The van der Waals surface area contributed by atoms with Crippen molar-refractivity contribution in [3.63, 3.8) is 0 Å². The van der Waals surface area contributed by atoms with Crippen molar-refractivity contribution in [3.05, 3.63) is 0 Å². The lowest BCUT2D eigenvalue weighted by atomic mass is 9.78. The molecule has 1 amide bonds. The molecule has 0 bridgehead atoms. The van der Waals surface area contributed by atoms with E-state index in [4.69, 9.17) is 5.11 Å². The van der Waals surface area contributed by atoms with Crippen LogP contribution in [0.2, 0.25) is 0 Å². The summed E-state index contributed by atoms with van der Waals surface area (Å²) in [6, 6.07) is -0.162. The van der Waals surface area contributed by atoms with Crippen LogP contribution in [0.3, 0.4) is 0 Å². The van der Waals surface area contributed by atoms with Crippen molar-refractivity contribution in [2.75, 3.05) is 20.1 Å². The fraction of sp³-hybridized carbons (Fsp3) is 0.867. The van der Waals surface area contributed by atoms with Crippen LogP contribution < -0.4 is 5.32 Å². The second-order valence-corrected chi connectivity index (χ2v) is 6.43. The zero-order valence-corrected chi connectivity index (χ0v) is 12.7. The number of nitrogens with zero attached hydrogens (tertiary/aromatic N) is 1. The van der Waals surface area contributed by atoms with Gasteiger partial charge in [-0.1, -0.05) is 6.42 Å². The normalized spacial score (nSPS) is 34.4. The fourth-order valence-corrected chi connectivity index (χ4v) is 3.58. The summed E-state index contributed by atoms with van der Waals surface area (Å²) < 4.78 is 0. The Bertz CT molecular complexity index is 391. The van der Waals surface area contributed by atoms with Crippen LogP contribution in [0.4, 0.5) is 0 Å². The van der Waals surface area contributed by atoms with Crippen molar-refractivity contribution >= 4 is 11.9 Å². The van der Waals surface area contributed by atoms with Gasteiger partial charge in [0.05, 0.1) is 17.6 Å². The van der Waals surface area contributed by atoms with E-state index in [0.29, 0.717) is 32.2 Å². The van der Waals surface area contributed by atoms with Crippen LogP contribution in [-0.4, -0.2) is 58.8 Å². The average Bonchev–Trinajstić information content (AvgIpc) is 2.47. The first-order valence-corrected chi connectivity index (χ1v) is 7.86. The first-order valence-electron chi connectivity index (χ1n) is 7.86. The van der Waals surface area contributed by atoms with Crippen LogP contribution in [0, 0.1) is 5.92 Å². The topological polar surface area (TPSA) is 89.9 Å². The molecule has 21 heavy (non-hydrogen) atoms. The van der Waals surface area contributed by atoms with Crippen molar-refractivity contribution in [2.45, 2.75) is 56.6 Å². The van der Waals surface area contributed by atoms with Crippen LogP contribution in [-0.2, 0) is 9.59 Å². The Balaban J connectivity index is 1.95. The Morgan fingerprint density at radius 1 is 1.24 bits per heavy atom. The van der Waals surface area contributed by atoms with Crippen LogP contribution in [0.25, 0.3) is 0 Å². The van der Waals surface area contributed by atoms with Crippen LogP contribution in [0.5, 0.6) is 0 Å². The summed E-state index contributed by atoms with van der Waals surface area (Å²) in [7, 11) is 1.64. The third-order valence-corrected chi connectivity index (χ3v) is 4.93. The minimum Gasteiger partial charge on any atom is -0.481 e. The third kappa shape index (κ3) is 3.95. The van der Waals surface area contributed by atoms with Gasteiger partial charge in [-0.25, -0.2) is 0 Å². The Labute approximate surface area is 125 Å². The molecule has 1 atom stereocenters. The first kappa shape index (κ1) is 16.2. The molecule has 0 aromatic heterocycles. The van der Waals surface area contributed by atoms with Crippen molar-refractivity contribution in [3.8, 4) is 0 Å². The molecule has 3 N–H and O–H groups in total. The van der Waals surface area contributed by atoms with Crippen molar-refractivity contribution in [1.29, 1.82) is 0 Å². The number of likely N-dealkylation sites (tertiary alicyclic amines) is 1. The molecule has 120 valence electrons. The van der Waals surface area contributed by atoms with Gasteiger partial charge in [0, 0.05) is 13.6 Å². The van der Waals surface area contributed by atoms with E-state index in [0.717, 1.165) is 25.8 Å². The molecule has 6 heteroatoms. The van der Waals surface area contributed by atoms with Gasteiger partial charge < -0.3 is 15.5 Å². The number of piperidine rings is 1. The number of carbonyl (C=O) groups excluding carboxylic acids is 1. The second kappa shape index (κ2) is 6.75. The number of hydrogen-bond acceptors (Lipinski definition) is 4. The number of aliphatic carboxylic acids is 1. The largest absolute Gasteiger partial charge is 0.481 e. The number of aliphatic hydroxyl groups is 1. The summed E-state index contributed by atoms with van der Waals surface area (Å²) in [5.41, 5.74) is -0.852. The van der Waals surface area contributed by atoms with Gasteiger partial charge in [-0.3, -0.25) is 14.5 Å². The lowest BCUT2D eigenvalue weighted by molar-refractivity contribution is -0.145. The highest BCUT2D eigenvalue weighted by Crippen LogP contribution is 2.34. The minimum atomic E-state index is -0.852. The zero-order valence-electron chi connectivity index (χ0n) is 12.7. The van der Waals surface area contributed by atoms with Crippen molar-refractivity contribution < 1.29 is 19.8 Å². The first-order chi connectivity index (χ1) is 9.95. The van der Waals surface area contributed by atoms with Crippen LogP contribution in [0.15, 0.2) is 0 Å². The average molecular weight is 298 g/mol. The molecular formula is C15H26N2O4. The van der Waals surface area contributed by atoms with Gasteiger partial charge in [-0.2, -0.15) is 0 Å². The van der Waals surface area contributed by atoms with Gasteiger partial charge in [0.2, 0.25) is 5.91 Å². The molecule has 0 spiro atoms. The SMILES string of the molecule is CNC(=O)C1CCCCN1CC1(O)CCC(C(=O)O)CC1. The Hall–Kier alpha value is -1.14. The van der Waals surface area contributed by atoms with Crippen LogP contribution in [0.1, 0.15) is 44.9 Å². The quantitative estimate of drug-likeness (QED) is 0.707. The maximum absolute atomic E-state index is 12.0. The van der Waals surface area contributed by atoms with E-state index in [1.54, 1.807) is 7.05 Å². The summed E-state index contributed by atoms with van der Waals surface area (Å²) in [6.45, 7) is 1.29. The number of likely N-dealkylation sites (N-methyl/N-ethyl adjacent to an activating group) is 1. The molecule has 0 aromatic rings. The predicted molar refractivity (Wildman–Crippen MR) is 77.8 cm³/mol. The molecule has 2 fully saturated rings. The fourth-order valence-electron chi connectivity index (χ4n) is 3.58. The highest BCUT2D eigenvalue weighted by atomic mass is 16.4. The highest BCUT2D eigenvalue weighted by Gasteiger charge is 2.39. The van der Waals surface area contributed by atoms with Gasteiger partial charge >= 0.3 is 5.97 Å². The van der Waals surface area contributed by atoms with E-state index in [-0.39, 0.29) is 17.9 Å². The molecule has 1 unspecified atom stereocenters. The number of nitrogens with one attached hydrogen (secondary N) is 1. The lowest BCUT2D eigenvalue weighted by Gasteiger charge is -2.42. The lowest BCUT2D eigenvalue weighted by Crippen LogP contribution is -2.55. The molecule has 1 saturated carbocycles. The molecule has 1 aliphatic heterocycles. The van der Waals surface area contributed by atoms with Gasteiger partial charge in [0.15, 0.2) is 0 Å². The molecule has 0 radical (unpaired) electrons. The Morgan fingerprint density at radius 3 is 2.48 bits per heavy atom. The van der Waals surface area contributed by atoms with E-state index in [2.05, 4.69) is 10.2 Å². The van der Waals surface area contributed by atoms with E-state index in [1.165, 1.54) is 0 Å². The molecule has 1 aliphatic carbocycles. The number of amides is 1. The zero-order chi connectivity index (χ0) is 15.5. The van der Waals surface area contributed by atoms with Gasteiger partial charge in [0.1, 0.15) is 0 Å². The van der Waals surface area contributed by atoms with Crippen molar-refractivity contribution in [2.24, 2.45) is 5.92 Å². The Kier molecular flexibility index (Phi) is 5.22.